The van der Waals surface area contributed by atoms with Gasteiger partial charge in [-0.3, -0.25) is 10.1 Å². The van der Waals surface area contributed by atoms with Gasteiger partial charge >= 0.3 is 0 Å². The summed E-state index contributed by atoms with van der Waals surface area (Å²) in [4.78, 5) is 22.5. The van der Waals surface area contributed by atoms with Crippen LogP contribution in [0, 0.1) is 6.92 Å². The fraction of sp³-hybridized carbons (Fsp3) is 0.100. The molecular formula is C20H16N4OS3. The van der Waals surface area contributed by atoms with Gasteiger partial charge in [0.15, 0.2) is 0 Å². The summed E-state index contributed by atoms with van der Waals surface area (Å²) in [7, 11) is 0. The largest absolute Gasteiger partial charge is 0.295 e. The number of aryl methyl sites for hydroxylation is 1. The maximum atomic E-state index is 12.8. The third kappa shape index (κ3) is 4.46. The quantitative estimate of drug-likeness (QED) is 0.413. The lowest BCUT2D eigenvalue weighted by molar-refractivity contribution is 0.102. The zero-order chi connectivity index (χ0) is 19.3. The normalized spacial score (nSPS) is 10.8. The number of thioether (sulfide) groups is 1. The molecule has 2 aromatic heterocycles. The molecule has 0 spiro atoms. The fourth-order valence-corrected chi connectivity index (χ4v) is 4.98. The van der Waals surface area contributed by atoms with Crippen LogP contribution in [0.5, 0.6) is 0 Å². The van der Waals surface area contributed by atoms with E-state index in [2.05, 4.69) is 31.8 Å². The third-order valence-corrected chi connectivity index (χ3v) is 6.51. The minimum absolute atomic E-state index is 0.265. The highest BCUT2D eigenvalue weighted by molar-refractivity contribution is 7.98. The topological polar surface area (TPSA) is 67.8 Å². The summed E-state index contributed by atoms with van der Waals surface area (Å²) < 4.78 is 4.32. The Morgan fingerprint density at radius 1 is 1.04 bits per heavy atom. The van der Waals surface area contributed by atoms with E-state index in [0.29, 0.717) is 16.0 Å². The minimum atomic E-state index is -0.265. The molecule has 140 valence electrons. The Morgan fingerprint density at radius 2 is 1.75 bits per heavy atom. The highest BCUT2D eigenvalue weighted by Crippen LogP contribution is 2.31. The summed E-state index contributed by atoms with van der Waals surface area (Å²) >= 11 is 4.23. The lowest BCUT2D eigenvalue weighted by Gasteiger charge is -2.02. The van der Waals surface area contributed by atoms with Crippen molar-refractivity contribution in [3.05, 3.63) is 76.9 Å². The molecule has 2 heterocycles. The zero-order valence-corrected chi connectivity index (χ0v) is 17.4. The Bertz CT molecular complexity index is 1080. The van der Waals surface area contributed by atoms with Gasteiger partial charge in [0.05, 0.1) is 9.88 Å². The summed E-state index contributed by atoms with van der Waals surface area (Å²) in [6, 6.07) is 20.0. The second-order valence-corrected chi connectivity index (χ2v) is 8.78. The van der Waals surface area contributed by atoms with Crippen molar-refractivity contribution in [1.29, 1.82) is 0 Å². The van der Waals surface area contributed by atoms with Gasteiger partial charge in [0.25, 0.3) is 5.91 Å². The van der Waals surface area contributed by atoms with Crippen LogP contribution in [0.15, 0.2) is 65.8 Å². The number of anilines is 1. The lowest BCUT2D eigenvalue weighted by Crippen LogP contribution is -2.13. The Kier molecular flexibility index (Phi) is 5.80. The molecule has 0 unspecified atom stereocenters. The molecule has 0 radical (unpaired) electrons. The van der Waals surface area contributed by atoms with Crippen LogP contribution in [-0.4, -0.2) is 20.2 Å². The van der Waals surface area contributed by atoms with Crippen LogP contribution in [0.25, 0.3) is 10.4 Å². The predicted octanol–water partition coefficient (Wildman–Crippen LogP) is 5.51. The van der Waals surface area contributed by atoms with E-state index in [1.165, 1.54) is 28.4 Å². The Labute approximate surface area is 175 Å². The lowest BCUT2D eigenvalue weighted by atomic mass is 10.1. The first-order valence-electron chi connectivity index (χ1n) is 8.53. The predicted molar refractivity (Wildman–Crippen MR) is 116 cm³/mol. The van der Waals surface area contributed by atoms with Crippen LogP contribution in [0.4, 0.5) is 5.13 Å². The van der Waals surface area contributed by atoms with Gasteiger partial charge in [-0.05, 0) is 18.1 Å². The average Bonchev–Trinajstić information content (AvgIpc) is 3.34. The van der Waals surface area contributed by atoms with Gasteiger partial charge in [0.2, 0.25) is 10.3 Å². The van der Waals surface area contributed by atoms with Crippen LogP contribution >= 0.6 is 34.6 Å². The number of carbonyl (C=O) groups is 1. The minimum Gasteiger partial charge on any atom is -0.295 e. The summed E-state index contributed by atoms with van der Waals surface area (Å²) in [5.74, 6) is 0.521. The molecule has 0 saturated carbocycles. The first kappa shape index (κ1) is 18.8. The standard InChI is InChI=1S/C20H16N4OS3/c1-13-21-16(17(27-13)15-10-6-3-7-11-15)18(25)22-19-23-20(24-28-19)26-12-14-8-4-2-5-9-14/h2-11H,12H2,1H3,(H,22,23,24,25). The molecule has 0 bridgehead atoms. The van der Waals surface area contributed by atoms with Crippen LogP contribution in [0.2, 0.25) is 0 Å². The van der Waals surface area contributed by atoms with Crippen molar-refractivity contribution >= 4 is 45.7 Å². The van der Waals surface area contributed by atoms with Crippen molar-refractivity contribution in [2.24, 2.45) is 0 Å². The molecule has 0 atom stereocenters. The first-order chi connectivity index (χ1) is 13.7. The number of hydrogen-bond donors (Lipinski definition) is 1. The van der Waals surface area contributed by atoms with Crippen molar-refractivity contribution in [2.45, 2.75) is 17.8 Å². The number of nitrogens with zero attached hydrogens (tertiary/aromatic N) is 3. The summed E-state index contributed by atoms with van der Waals surface area (Å²) in [5, 5.41) is 4.82. The number of benzene rings is 2. The summed E-state index contributed by atoms with van der Waals surface area (Å²) in [6.45, 7) is 1.90. The van der Waals surface area contributed by atoms with Crippen molar-refractivity contribution in [3.63, 3.8) is 0 Å². The molecule has 1 amide bonds. The highest BCUT2D eigenvalue weighted by atomic mass is 32.2. The second kappa shape index (κ2) is 8.64. The van der Waals surface area contributed by atoms with Crippen molar-refractivity contribution in [2.75, 3.05) is 5.32 Å². The van der Waals surface area contributed by atoms with Crippen LogP contribution in [0.3, 0.4) is 0 Å². The molecule has 4 aromatic rings. The van der Waals surface area contributed by atoms with Gasteiger partial charge in [-0.2, -0.15) is 9.36 Å². The molecule has 4 rings (SSSR count). The van der Waals surface area contributed by atoms with Crippen molar-refractivity contribution < 1.29 is 4.79 Å². The van der Waals surface area contributed by atoms with E-state index in [0.717, 1.165) is 21.2 Å². The number of rotatable bonds is 6. The Hall–Kier alpha value is -2.55. The van der Waals surface area contributed by atoms with Crippen LogP contribution in [0.1, 0.15) is 21.1 Å². The molecule has 0 saturated heterocycles. The molecule has 5 nitrogen and oxygen atoms in total. The molecule has 0 aliphatic rings. The van der Waals surface area contributed by atoms with E-state index in [-0.39, 0.29) is 5.91 Å². The van der Waals surface area contributed by atoms with E-state index in [1.807, 2.05) is 55.5 Å². The molecule has 1 N–H and O–H groups in total. The van der Waals surface area contributed by atoms with Crippen molar-refractivity contribution in [3.8, 4) is 10.4 Å². The monoisotopic (exact) mass is 424 g/mol. The van der Waals surface area contributed by atoms with Gasteiger partial charge in [-0.15, -0.1) is 11.3 Å². The molecule has 0 aliphatic heterocycles. The molecule has 2 aromatic carbocycles. The fourth-order valence-electron chi connectivity index (χ4n) is 2.56. The summed E-state index contributed by atoms with van der Waals surface area (Å²) in [6.07, 6.45) is 0. The van der Waals surface area contributed by atoms with E-state index >= 15 is 0 Å². The molecular weight excluding hydrogens is 408 g/mol. The molecule has 0 aliphatic carbocycles. The maximum absolute atomic E-state index is 12.8. The zero-order valence-electron chi connectivity index (χ0n) is 15.0. The number of hydrogen-bond acceptors (Lipinski definition) is 7. The van der Waals surface area contributed by atoms with Gasteiger partial charge < -0.3 is 0 Å². The van der Waals surface area contributed by atoms with E-state index in [4.69, 9.17) is 0 Å². The third-order valence-electron chi connectivity index (χ3n) is 3.82. The van der Waals surface area contributed by atoms with Gasteiger partial charge in [0.1, 0.15) is 5.69 Å². The number of amides is 1. The Morgan fingerprint density at radius 3 is 2.50 bits per heavy atom. The van der Waals surface area contributed by atoms with E-state index in [9.17, 15) is 4.79 Å². The van der Waals surface area contributed by atoms with E-state index in [1.54, 1.807) is 11.8 Å². The van der Waals surface area contributed by atoms with Crippen molar-refractivity contribution in [1.82, 2.24) is 14.3 Å². The van der Waals surface area contributed by atoms with E-state index < -0.39 is 0 Å². The first-order valence-corrected chi connectivity index (χ1v) is 11.1. The van der Waals surface area contributed by atoms with Gasteiger partial charge in [-0.1, -0.05) is 72.4 Å². The smallest absolute Gasteiger partial charge is 0.277 e. The summed E-state index contributed by atoms with van der Waals surface area (Å²) in [5.41, 5.74) is 2.61. The van der Waals surface area contributed by atoms with Gasteiger partial charge in [-0.25, -0.2) is 4.98 Å². The molecule has 0 fully saturated rings. The number of aromatic nitrogens is 3. The SMILES string of the molecule is Cc1nc(C(=O)Nc2nc(SCc3ccccc3)ns2)c(-c2ccccc2)s1. The van der Waals surface area contributed by atoms with Crippen LogP contribution < -0.4 is 5.32 Å². The number of carbonyl (C=O) groups excluding carboxylic acids is 1. The number of nitrogens with one attached hydrogen (secondary N) is 1. The number of thiazole rings is 1. The molecule has 28 heavy (non-hydrogen) atoms. The average molecular weight is 425 g/mol. The van der Waals surface area contributed by atoms with Crippen LogP contribution in [-0.2, 0) is 5.75 Å². The maximum Gasteiger partial charge on any atom is 0.277 e. The molecule has 8 heteroatoms. The highest BCUT2D eigenvalue weighted by Gasteiger charge is 2.19. The second-order valence-electron chi connectivity index (χ2n) is 5.89. The Balaban J connectivity index is 1.46. The van der Waals surface area contributed by atoms with Gasteiger partial charge in [0, 0.05) is 17.3 Å².